The third-order valence-electron chi connectivity index (χ3n) is 5.05. The molecule has 0 spiro atoms. The van der Waals surface area contributed by atoms with Gasteiger partial charge in [-0.25, -0.2) is 0 Å². The number of amides is 1. The van der Waals surface area contributed by atoms with E-state index in [0.29, 0.717) is 6.54 Å². The van der Waals surface area contributed by atoms with Gasteiger partial charge in [0, 0.05) is 26.2 Å². The molecule has 0 radical (unpaired) electrons. The molecule has 0 unspecified atom stereocenters. The Hall–Kier alpha value is -3.20. The van der Waals surface area contributed by atoms with Gasteiger partial charge < -0.3 is 24.3 Å². The Morgan fingerprint density at radius 1 is 1.06 bits per heavy atom. The number of nitrogens with zero attached hydrogens (tertiary/aromatic N) is 4. The predicted octanol–water partition coefficient (Wildman–Crippen LogP) is 2.81. The summed E-state index contributed by atoms with van der Waals surface area (Å²) < 4.78 is 10.7. The molecule has 1 aliphatic rings. The number of ether oxygens (including phenoxy) is 1. The molecule has 0 atom stereocenters. The monoisotopic (exact) mass is 439 g/mol. The molecule has 162 valence electrons. The van der Waals surface area contributed by atoms with Gasteiger partial charge in [-0.1, -0.05) is 23.9 Å². The fraction of sp³-hybridized carbons (Fsp3) is 0.318. The Bertz CT molecular complexity index is 973. The van der Waals surface area contributed by atoms with Crippen LogP contribution in [-0.2, 0) is 11.3 Å². The van der Waals surface area contributed by atoms with Crippen LogP contribution in [0.1, 0.15) is 5.76 Å². The third-order valence-corrected chi connectivity index (χ3v) is 5.97. The summed E-state index contributed by atoms with van der Waals surface area (Å²) in [6, 6.07) is 15.6. The molecule has 1 aromatic carbocycles. The van der Waals surface area contributed by atoms with Crippen molar-refractivity contribution < 1.29 is 13.9 Å². The van der Waals surface area contributed by atoms with Gasteiger partial charge in [-0.3, -0.25) is 4.79 Å². The molecule has 1 N–H and O–H groups in total. The molecule has 0 aliphatic carbocycles. The number of furan rings is 1. The van der Waals surface area contributed by atoms with Gasteiger partial charge in [-0.2, -0.15) is 0 Å². The normalized spacial score (nSPS) is 13.8. The van der Waals surface area contributed by atoms with Crippen molar-refractivity contribution >= 4 is 29.2 Å². The first kappa shape index (κ1) is 21.0. The smallest absolute Gasteiger partial charge is 0.230 e. The highest BCUT2D eigenvalue weighted by molar-refractivity contribution is 7.99. The van der Waals surface area contributed by atoms with Gasteiger partial charge in [0.05, 0.1) is 31.4 Å². The molecule has 0 bridgehead atoms. The largest absolute Gasteiger partial charge is 0.495 e. The molecule has 3 heterocycles. The Morgan fingerprint density at radius 2 is 1.87 bits per heavy atom. The van der Waals surface area contributed by atoms with E-state index in [9.17, 15) is 4.79 Å². The Kier molecular flexibility index (Phi) is 6.93. The van der Waals surface area contributed by atoms with Crippen molar-refractivity contribution in [3.8, 4) is 5.75 Å². The molecule has 0 saturated carbocycles. The van der Waals surface area contributed by atoms with E-state index < -0.39 is 0 Å². The molecule has 9 heteroatoms. The maximum Gasteiger partial charge on any atom is 0.230 e. The van der Waals surface area contributed by atoms with Crippen molar-refractivity contribution in [3.05, 3.63) is 60.6 Å². The molecule has 1 amide bonds. The number of aromatic nitrogens is 2. The Balaban J connectivity index is 1.24. The van der Waals surface area contributed by atoms with Crippen molar-refractivity contribution in [1.29, 1.82) is 0 Å². The molecule has 1 fully saturated rings. The highest BCUT2D eigenvalue weighted by Gasteiger charge is 2.20. The van der Waals surface area contributed by atoms with Crippen LogP contribution in [0.15, 0.2) is 64.2 Å². The maximum absolute atomic E-state index is 12.0. The van der Waals surface area contributed by atoms with Gasteiger partial charge in [0.1, 0.15) is 16.5 Å². The number of para-hydroxylation sites is 2. The van der Waals surface area contributed by atoms with Gasteiger partial charge in [-0.05, 0) is 36.4 Å². The number of benzene rings is 1. The molecule has 8 nitrogen and oxygen atoms in total. The third kappa shape index (κ3) is 5.49. The van der Waals surface area contributed by atoms with Crippen LogP contribution in [0.25, 0.3) is 0 Å². The number of thioether (sulfide) groups is 1. The van der Waals surface area contributed by atoms with Crippen LogP contribution in [0.5, 0.6) is 5.75 Å². The van der Waals surface area contributed by atoms with Gasteiger partial charge in [0.15, 0.2) is 5.82 Å². The van der Waals surface area contributed by atoms with Crippen molar-refractivity contribution in [3.63, 3.8) is 0 Å². The number of hydrogen-bond acceptors (Lipinski definition) is 8. The van der Waals surface area contributed by atoms with Crippen LogP contribution < -0.4 is 19.9 Å². The minimum Gasteiger partial charge on any atom is -0.495 e. The lowest BCUT2D eigenvalue weighted by atomic mass is 10.2. The second-order valence-corrected chi connectivity index (χ2v) is 8.02. The van der Waals surface area contributed by atoms with E-state index >= 15 is 0 Å². The van der Waals surface area contributed by atoms with Crippen LogP contribution in [0.4, 0.5) is 11.5 Å². The number of rotatable bonds is 8. The van der Waals surface area contributed by atoms with Crippen molar-refractivity contribution in [2.24, 2.45) is 0 Å². The summed E-state index contributed by atoms with van der Waals surface area (Å²) in [6.45, 7) is 3.86. The van der Waals surface area contributed by atoms with Crippen LogP contribution in [-0.4, -0.2) is 55.1 Å². The van der Waals surface area contributed by atoms with E-state index in [-0.39, 0.29) is 11.7 Å². The lowest BCUT2D eigenvalue weighted by Gasteiger charge is -2.37. The van der Waals surface area contributed by atoms with Crippen LogP contribution in [0.3, 0.4) is 0 Å². The zero-order valence-electron chi connectivity index (χ0n) is 17.4. The fourth-order valence-electron chi connectivity index (χ4n) is 3.42. The summed E-state index contributed by atoms with van der Waals surface area (Å²) in [4.78, 5) is 16.5. The number of nitrogens with one attached hydrogen (secondary N) is 1. The second kappa shape index (κ2) is 10.2. The van der Waals surface area contributed by atoms with Crippen LogP contribution in [0, 0.1) is 0 Å². The van der Waals surface area contributed by atoms with E-state index in [1.807, 2.05) is 36.4 Å². The quantitative estimate of drug-likeness (QED) is 0.537. The number of methoxy groups -OCH3 is 1. The van der Waals surface area contributed by atoms with Gasteiger partial charge in [0.25, 0.3) is 0 Å². The molecule has 1 saturated heterocycles. The SMILES string of the molecule is COc1ccccc1N1CCN(c2ccc(SCC(=O)NCc3ccco3)nn2)CC1. The van der Waals surface area contributed by atoms with E-state index in [1.165, 1.54) is 11.8 Å². The number of anilines is 2. The van der Waals surface area contributed by atoms with Gasteiger partial charge >= 0.3 is 0 Å². The lowest BCUT2D eigenvalue weighted by Crippen LogP contribution is -2.47. The Labute approximate surface area is 185 Å². The van der Waals surface area contributed by atoms with E-state index in [0.717, 1.165) is 54.2 Å². The minimum atomic E-state index is -0.0697. The Morgan fingerprint density at radius 3 is 2.58 bits per heavy atom. The summed E-state index contributed by atoms with van der Waals surface area (Å²) in [7, 11) is 1.70. The number of carbonyl (C=O) groups is 1. The molecule has 4 rings (SSSR count). The summed E-state index contributed by atoms with van der Waals surface area (Å²) >= 11 is 1.37. The number of piperazine rings is 1. The first-order valence-corrected chi connectivity index (χ1v) is 11.1. The number of carbonyl (C=O) groups excluding carboxylic acids is 1. The highest BCUT2D eigenvalue weighted by atomic mass is 32.2. The molecule has 31 heavy (non-hydrogen) atoms. The van der Waals surface area contributed by atoms with Crippen LogP contribution >= 0.6 is 11.8 Å². The van der Waals surface area contributed by atoms with E-state index in [1.54, 1.807) is 19.4 Å². The van der Waals surface area contributed by atoms with Crippen molar-refractivity contribution in [1.82, 2.24) is 15.5 Å². The van der Waals surface area contributed by atoms with Crippen molar-refractivity contribution in [2.75, 3.05) is 48.8 Å². The summed E-state index contributed by atoms with van der Waals surface area (Å²) in [5.74, 6) is 2.69. The first-order valence-electron chi connectivity index (χ1n) is 10.1. The van der Waals surface area contributed by atoms with Crippen LogP contribution in [0.2, 0.25) is 0 Å². The predicted molar refractivity (Wildman–Crippen MR) is 121 cm³/mol. The van der Waals surface area contributed by atoms with E-state index in [2.05, 4.69) is 31.4 Å². The average Bonchev–Trinajstić information content (AvgIpc) is 3.36. The van der Waals surface area contributed by atoms with Crippen molar-refractivity contribution in [2.45, 2.75) is 11.6 Å². The maximum atomic E-state index is 12.0. The minimum absolute atomic E-state index is 0.0697. The molecule has 2 aromatic heterocycles. The topological polar surface area (TPSA) is 83.7 Å². The molecular formula is C22H25N5O3S. The molecular weight excluding hydrogens is 414 g/mol. The zero-order valence-corrected chi connectivity index (χ0v) is 18.2. The van der Waals surface area contributed by atoms with E-state index in [4.69, 9.17) is 9.15 Å². The highest BCUT2D eigenvalue weighted by Crippen LogP contribution is 2.29. The van der Waals surface area contributed by atoms with Gasteiger partial charge in [0.2, 0.25) is 5.91 Å². The molecule has 3 aromatic rings. The summed E-state index contributed by atoms with van der Waals surface area (Å²) in [5, 5.41) is 12.2. The summed E-state index contributed by atoms with van der Waals surface area (Å²) in [6.07, 6.45) is 1.59. The average molecular weight is 440 g/mol. The zero-order chi connectivity index (χ0) is 21.5. The second-order valence-electron chi connectivity index (χ2n) is 7.02. The standard InChI is InChI=1S/C22H25N5O3S/c1-29-19-7-3-2-6-18(19)26-10-12-27(13-11-26)20-8-9-22(25-24-20)31-16-21(28)23-15-17-5-4-14-30-17/h2-9,14H,10-13,15-16H2,1H3,(H,23,28). The van der Waals surface area contributed by atoms with Gasteiger partial charge in [-0.15, -0.1) is 10.2 Å². The first-order chi connectivity index (χ1) is 15.2. The fourth-order valence-corrected chi connectivity index (χ4v) is 4.06. The number of hydrogen-bond donors (Lipinski definition) is 1. The summed E-state index contributed by atoms with van der Waals surface area (Å²) in [5.41, 5.74) is 1.12. The molecule has 1 aliphatic heterocycles. The lowest BCUT2D eigenvalue weighted by molar-refractivity contribution is -0.118.